The number of aromatic nitrogens is 3. The number of aliphatic imine (C=N–C) groups is 1. The van der Waals surface area contributed by atoms with Crippen molar-refractivity contribution in [2.75, 3.05) is 5.32 Å². The first kappa shape index (κ1) is 24.1. The highest BCUT2D eigenvalue weighted by Gasteiger charge is 2.34. The van der Waals surface area contributed by atoms with Crippen LogP contribution in [0.25, 0.3) is 10.9 Å². The third-order valence-corrected chi connectivity index (χ3v) is 6.06. The van der Waals surface area contributed by atoms with Crippen LogP contribution in [-0.2, 0) is 12.7 Å². The molecule has 1 N–H and O–H groups in total. The number of nitriles is 1. The maximum atomic E-state index is 13.4. The van der Waals surface area contributed by atoms with Crippen LogP contribution in [0.4, 0.5) is 18.9 Å². The molecule has 0 spiro atoms. The maximum absolute atomic E-state index is 13.4. The first-order valence-corrected chi connectivity index (χ1v) is 11.2. The van der Waals surface area contributed by atoms with Crippen LogP contribution >= 0.6 is 23.2 Å². The fraction of sp³-hybridized carbons (Fsp3) is 0.364. The van der Waals surface area contributed by atoms with E-state index in [0.29, 0.717) is 29.7 Å². The standard InChI is InChI=1S/C22H19Cl2F3N6O/c23-12-4-5-17-15(8-12)18(10-19(31-17)22(25,26)27)29-13-2-1-3-14(9-13)30-21(34)16-11-33(7-6-28)32-20(16)24/h4-5,8,10-11,13-14H,1-3,7,9H2,(H,29,31)(H,30,34)/p-1/t13-,14?/m0/s1. The molecular weight excluding hydrogens is 492 g/mol. The Morgan fingerprint density at radius 2 is 2.09 bits per heavy atom. The summed E-state index contributed by atoms with van der Waals surface area (Å²) in [6, 6.07) is 6.85. The van der Waals surface area contributed by atoms with Gasteiger partial charge in [0.25, 0.3) is 0 Å². The smallest absolute Gasteiger partial charge is 0.433 e. The van der Waals surface area contributed by atoms with Gasteiger partial charge in [0.1, 0.15) is 12.2 Å². The zero-order valence-electron chi connectivity index (χ0n) is 17.6. The van der Waals surface area contributed by atoms with Gasteiger partial charge in [-0.15, -0.1) is 0 Å². The lowest BCUT2D eigenvalue weighted by molar-refractivity contribution is -0.213. The highest BCUT2D eigenvalue weighted by molar-refractivity contribution is 6.32. The number of nitrogens with one attached hydrogen (secondary N) is 1. The normalized spacial score (nSPS) is 19.2. The van der Waals surface area contributed by atoms with Gasteiger partial charge in [-0.3, -0.25) is 9.67 Å². The Labute approximate surface area is 202 Å². The summed E-state index contributed by atoms with van der Waals surface area (Å²) in [6.45, 7) is -0.0494. The molecule has 0 saturated heterocycles. The molecule has 34 heavy (non-hydrogen) atoms. The molecule has 2 heterocycles. The van der Waals surface area contributed by atoms with Crippen LogP contribution in [0.5, 0.6) is 0 Å². The lowest BCUT2D eigenvalue weighted by Gasteiger charge is -2.30. The predicted molar refractivity (Wildman–Crippen MR) is 121 cm³/mol. The monoisotopic (exact) mass is 509 g/mol. The SMILES string of the molecule is N#CCn1cc(C([O-])=NC2CCC[C@H](Nc3cc(C(F)(F)F)nc4ccc(Cl)cc34)C2)c(Cl)n1. The summed E-state index contributed by atoms with van der Waals surface area (Å²) in [6.07, 6.45) is -0.687. The second-order valence-electron chi connectivity index (χ2n) is 8.00. The van der Waals surface area contributed by atoms with Crippen LogP contribution in [0.2, 0.25) is 10.2 Å². The van der Waals surface area contributed by atoms with Gasteiger partial charge in [0.15, 0.2) is 5.15 Å². The molecule has 2 atom stereocenters. The van der Waals surface area contributed by atoms with Gasteiger partial charge in [0.05, 0.1) is 17.6 Å². The van der Waals surface area contributed by atoms with Gasteiger partial charge in [0.2, 0.25) is 0 Å². The highest BCUT2D eigenvalue weighted by Crippen LogP contribution is 2.35. The van der Waals surface area contributed by atoms with E-state index in [-0.39, 0.29) is 40.5 Å². The molecule has 12 heteroatoms. The van der Waals surface area contributed by atoms with Crippen molar-refractivity contribution in [1.29, 1.82) is 5.26 Å². The Hall–Kier alpha value is -3.03. The molecule has 1 saturated carbocycles. The number of hydrogen-bond donors (Lipinski definition) is 1. The van der Waals surface area contributed by atoms with Gasteiger partial charge in [-0.1, -0.05) is 23.2 Å². The minimum absolute atomic E-state index is 0.0331. The van der Waals surface area contributed by atoms with Crippen LogP contribution in [0.3, 0.4) is 0 Å². The van der Waals surface area contributed by atoms with Crippen LogP contribution in [0, 0.1) is 11.3 Å². The van der Waals surface area contributed by atoms with Crippen LogP contribution in [0.15, 0.2) is 35.5 Å². The Balaban J connectivity index is 1.57. The van der Waals surface area contributed by atoms with Gasteiger partial charge >= 0.3 is 6.18 Å². The molecule has 0 aliphatic heterocycles. The van der Waals surface area contributed by atoms with Gasteiger partial charge in [0, 0.05) is 33.9 Å². The number of rotatable bonds is 5. The summed E-state index contributed by atoms with van der Waals surface area (Å²) in [4.78, 5) is 7.98. The number of benzene rings is 1. The van der Waals surface area contributed by atoms with E-state index in [9.17, 15) is 18.3 Å². The summed E-state index contributed by atoms with van der Waals surface area (Å²) >= 11 is 12.1. The van der Waals surface area contributed by atoms with Crippen LogP contribution < -0.4 is 10.4 Å². The number of fused-ring (bicyclic) bond motifs is 1. The Morgan fingerprint density at radius 1 is 1.29 bits per heavy atom. The molecule has 1 fully saturated rings. The second-order valence-corrected chi connectivity index (χ2v) is 8.79. The van der Waals surface area contributed by atoms with Gasteiger partial charge in [-0.05, 0) is 55.8 Å². The summed E-state index contributed by atoms with van der Waals surface area (Å²) in [5.74, 6) is -0.541. The molecule has 7 nitrogen and oxygen atoms in total. The van der Waals surface area contributed by atoms with E-state index in [1.807, 2.05) is 6.07 Å². The lowest BCUT2D eigenvalue weighted by Crippen LogP contribution is -2.31. The third-order valence-electron chi connectivity index (χ3n) is 5.55. The molecule has 1 aromatic carbocycles. The number of anilines is 1. The molecular formula is C22H18Cl2F3N6O-. The van der Waals surface area contributed by atoms with E-state index in [1.54, 1.807) is 6.07 Å². The summed E-state index contributed by atoms with van der Waals surface area (Å²) in [5.41, 5.74) is -0.437. The fourth-order valence-corrected chi connectivity index (χ4v) is 4.42. The number of pyridine rings is 1. The quantitative estimate of drug-likeness (QED) is 0.392. The molecule has 1 aliphatic rings. The molecule has 0 bridgehead atoms. The van der Waals surface area contributed by atoms with E-state index in [4.69, 9.17) is 28.5 Å². The molecule has 2 aromatic heterocycles. The first-order valence-electron chi connectivity index (χ1n) is 10.4. The van der Waals surface area contributed by atoms with Crippen molar-refractivity contribution in [2.45, 2.75) is 50.5 Å². The van der Waals surface area contributed by atoms with Crippen molar-refractivity contribution in [2.24, 2.45) is 4.99 Å². The van der Waals surface area contributed by atoms with Crippen molar-refractivity contribution in [3.8, 4) is 6.07 Å². The second kappa shape index (κ2) is 9.68. The Bertz CT molecular complexity index is 1280. The maximum Gasteiger partial charge on any atom is 0.433 e. The number of nitrogens with zero attached hydrogens (tertiary/aromatic N) is 5. The largest absolute Gasteiger partial charge is 0.858 e. The average Bonchev–Trinajstić information content (AvgIpc) is 3.14. The number of alkyl halides is 3. The van der Waals surface area contributed by atoms with Gasteiger partial charge in [-0.25, -0.2) is 4.98 Å². The van der Waals surface area contributed by atoms with Gasteiger partial charge < -0.3 is 10.4 Å². The van der Waals surface area contributed by atoms with E-state index in [0.717, 1.165) is 12.5 Å². The van der Waals surface area contributed by atoms with Gasteiger partial charge in [-0.2, -0.15) is 23.5 Å². The average molecular weight is 510 g/mol. The van der Waals surface area contributed by atoms with Crippen molar-refractivity contribution in [1.82, 2.24) is 14.8 Å². The molecule has 0 amide bonds. The number of hydrogen-bond acceptors (Lipinski definition) is 6. The predicted octanol–water partition coefficient (Wildman–Crippen LogP) is 4.81. The van der Waals surface area contributed by atoms with E-state index in [2.05, 4.69) is 20.4 Å². The van der Waals surface area contributed by atoms with Crippen molar-refractivity contribution < 1.29 is 18.3 Å². The first-order chi connectivity index (χ1) is 16.1. The van der Waals surface area contributed by atoms with E-state index < -0.39 is 17.8 Å². The zero-order chi connectivity index (χ0) is 24.5. The summed E-state index contributed by atoms with van der Waals surface area (Å²) in [7, 11) is 0. The van der Waals surface area contributed by atoms with Crippen molar-refractivity contribution in [3.63, 3.8) is 0 Å². The third kappa shape index (κ3) is 5.37. The summed E-state index contributed by atoms with van der Waals surface area (Å²) < 4.78 is 41.5. The molecule has 1 aliphatic carbocycles. The minimum atomic E-state index is -4.60. The molecule has 4 rings (SSSR count). The Kier molecular flexibility index (Phi) is 6.86. The van der Waals surface area contributed by atoms with Crippen LogP contribution in [0.1, 0.15) is 36.9 Å². The van der Waals surface area contributed by atoms with E-state index >= 15 is 0 Å². The summed E-state index contributed by atoms with van der Waals surface area (Å²) in [5, 5.41) is 29.3. The minimum Gasteiger partial charge on any atom is -0.858 e. The van der Waals surface area contributed by atoms with E-state index in [1.165, 1.54) is 23.0 Å². The Morgan fingerprint density at radius 3 is 2.82 bits per heavy atom. The molecule has 178 valence electrons. The molecule has 3 aromatic rings. The topological polar surface area (TPSA) is 102 Å². The fourth-order valence-electron chi connectivity index (χ4n) is 4.02. The van der Waals surface area contributed by atoms with Crippen LogP contribution in [-0.4, -0.2) is 32.7 Å². The molecule has 1 unspecified atom stereocenters. The highest BCUT2D eigenvalue weighted by atomic mass is 35.5. The van der Waals surface area contributed by atoms with Crippen molar-refractivity contribution >= 4 is 45.7 Å². The number of halogens is 5. The zero-order valence-corrected chi connectivity index (χ0v) is 19.1. The lowest BCUT2D eigenvalue weighted by atomic mass is 9.91. The molecule has 0 radical (unpaired) electrons. The van der Waals surface area contributed by atoms with Crippen molar-refractivity contribution in [3.05, 3.63) is 51.9 Å².